The summed E-state index contributed by atoms with van der Waals surface area (Å²) in [6, 6.07) is 5.69. The van der Waals surface area contributed by atoms with Crippen molar-refractivity contribution in [2.45, 2.75) is 31.7 Å². The summed E-state index contributed by atoms with van der Waals surface area (Å²) >= 11 is 0. The number of carbonyl (C=O) groups is 1. The predicted octanol–water partition coefficient (Wildman–Crippen LogP) is 2.48. The molecule has 3 rings (SSSR count). The summed E-state index contributed by atoms with van der Waals surface area (Å²) in [5.74, 6) is -0.123. The summed E-state index contributed by atoms with van der Waals surface area (Å²) in [6.45, 7) is 2.43. The molecule has 0 saturated carbocycles. The van der Waals surface area contributed by atoms with E-state index in [2.05, 4.69) is 23.9 Å². The van der Waals surface area contributed by atoms with Crippen molar-refractivity contribution in [3.63, 3.8) is 0 Å². The maximum Gasteiger partial charge on any atom is 0.226 e. The second kappa shape index (κ2) is 6.24. The van der Waals surface area contributed by atoms with Crippen molar-refractivity contribution in [1.82, 2.24) is 4.90 Å². The zero-order chi connectivity index (χ0) is 15.7. The lowest BCUT2D eigenvalue weighted by molar-refractivity contribution is -0.119. The fourth-order valence-corrected chi connectivity index (χ4v) is 3.38. The summed E-state index contributed by atoms with van der Waals surface area (Å²) in [5, 5.41) is 0. The minimum Gasteiger partial charge on any atom is -0.368 e. The van der Waals surface area contributed by atoms with E-state index < -0.39 is 0 Å². The number of hydrogen-bond donors (Lipinski definition) is 0. The van der Waals surface area contributed by atoms with E-state index in [4.69, 9.17) is 0 Å². The van der Waals surface area contributed by atoms with Gasteiger partial charge in [-0.3, -0.25) is 4.79 Å². The third-order valence-corrected chi connectivity index (χ3v) is 4.80. The minimum absolute atomic E-state index is 0.104. The molecule has 0 spiro atoms. The number of nitrogens with zero attached hydrogens (tertiary/aromatic N) is 3. The van der Waals surface area contributed by atoms with Gasteiger partial charge in [0, 0.05) is 37.8 Å². The minimum atomic E-state index is -0.227. The van der Waals surface area contributed by atoms with Crippen LogP contribution in [0.4, 0.5) is 15.8 Å². The van der Waals surface area contributed by atoms with Crippen LogP contribution >= 0.6 is 0 Å². The summed E-state index contributed by atoms with van der Waals surface area (Å²) < 4.78 is 14.5. The van der Waals surface area contributed by atoms with E-state index in [9.17, 15) is 9.18 Å². The topological polar surface area (TPSA) is 26.8 Å². The average molecular weight is 305 g/mol. The summed E-state index contributed by atoms with van der Waals surface area (Å²) in [4.78, 5) is 18.0. The Balaban J connectivity index is 1.77. The van der Waals surface area contributed by atoms with Gasteiger partial charge in [-0.15, -0.1) is 0 Å². The van der Waals surface area contributed by atoms with Gasteiger partial charge in [0.2, 0.25) is 5.91 Å². The molecular weight excluding hydrogens is 281 g/mol. The van der Waals surface area contributed by atoms with Gasteiger partial charge in [-0.1, -0.05) is 0 Å². The smallest absolute Gasteiger partial charge is 0.226 e. The number of halogens is 1. The largest absolute Gasteiger partial charge is 0.368 e. The number of benzene rings is 1. The molecule has 2 heterocycles. The molecule has 1 unspecified atom stereocenters. The Morgan fingerprint density at radius 3 is 2.68 bits per heavy atom. The molecule has 2 aliphatic rings. The Morgan fingerprint density at radius 2 is 2.05 bits per heavy atom. The van der Waals surface area contributed by atoms with Gasteiger partial charge >= 0.3 is 0 Å². The maximum atomic E-state index is 14.5. The fraction of sp³-hybridized carbons (Fsp3) is 0.588. The van der Waals surface area contributed by atoms with Crippen LogP contribution in [0.2, 0.25) is 0 Å². The van der Waals surface area contributed by atoms with E-state index >= 15 is 0 Å². The van der Waals surface area contributed by atoms with Crippen LogP contribution in [0, 0.1) is 5.82 Å². The van der Waals surface area contributed by atoms with Crippen molar-refractivity contribution < 1.29 is 9.18 Å². The Labute approximate surface area is 131 Å². The highest BCUT2D eigenvalue weighted by Crippen LogP contribution is 2.29. The zero-order valence-corrected chi connectivity index (χ0v) is 13.4. The Kier molecular flexibility index (Phi) is 4.34. The molecule has 0 aliphatic carbocycles. The highest BCUT2D eigenvalue weighted by Gasteiger charge is 2.27. The van der Waals surface area contributed by atoms with E-state index in [1.165, 1.54) is 6.07 Å². The monoisotopic (exact) mass is 305 g/mol. The quantitative estimate of drug-likeness (QED) is 0.858. The lowest BCUT2D eigenvalue weighted by Gasteiger charge is -2.28. The third-order valence-electron chi connectivity index (χ3n) is 4.80. The second-order valence-electron chi connectivity index (χ2n) is 6.49. The molecule has 1 aromatic rings. The van der Waals surface area contributed by atoms with Gasteiger partial charge < -0.3 is 14.7 Å². The van der Waals surface area contributed by atoms with Gasteiger partial charge in [0.05, 0.1) is 5.69 Å². The number of hydrogen-bond acceptors (Lipinski definition) is 3. The Bertz CT molecular complexity index is 561. The molecule has 2 saturated heterocycles. The number of carbonyl (C=O) groups excluding carboxylic acids is 1. The van der Waals surface area contributed by atoms with Crippen LogP contribution in [0.5, 0.6) is 0 Å². The number of likely N-dealkylation sites (N-methyl/N-ethyl adjacent to an activating group) is 1. The van der Waals surface area contributed by atoms with Gasteiger partial charge in [0.15, 0.2) is 0 Å². The summed E-state index contributed by atoms with van der Waals surface area (Å²) in [5.41, 5.74) is 1.34. The number of rotatable bonds is 3. The van der Waals surface area contributed by atoms with E-state index in [1.54, 1.807) is 4.90 Å². The first kappa shape index (κ1) is 15.3. The molecule has 22 heavy (non-hydrogen) atoms. The lowest BCUT2D eigenvalue weighted by Crippen LogP contribution is -2.35. The van der Waals surface area contributed by atoms with Crippen molar-refractivity contribution >= 4 is 17.3 Å². The van der Waals surface area contributed by atoms with Crippen LogP contribution in [0.1, 0.15) is 25.7 Å². The molecular formula is C17H24FN3O. The van der Waals surface area contributed by atoms with Crippen molar-refractivity contribution in [3.05, 3.63) is 24.0 Å². The Hall–Kier alpha value is -1.62. The normalized spacial score (nSPS) is 22.7. The van der Waals surface area contributed by atoms with Gasteiger partial charge in [0.1, 0.15) is 5.82 Å². The van der Waals surface area contributed by atoms with Gasteiger partial charge in [0.25, 0.3) is 0 Å². The molecule has 0 N–H and O–H groups in total. The highest BCUT2D eigenvalue weighted by molar-refractivity contribution is 5.94. The van der Waals surface area contributed by atoms with Crippen molar-refractivity contribution in [2.24, 2.45) is 0 Å². The van der Waals surface area contributed by atoms with Gasteiger partial charge in [-0.25, -0.2) is 4.39 Å². The fourth-order valence-electron chi connectivity index (χ4n) is 3.38. The van der Waals surface area contributed by atoms with Crippen LogP contribution in [0.15, 0.2) is 18.2 Å². The molecule has 4 nitrogen and oxygen atoms in total. The number of amides is 1. The number of piperidine rings is 1. The van der Waals surface area contributed by atoms with Crippen molar-refractivity contribution in [1.29, 1.82) is 0 Å². The maximum absolute atomic E-state index is 14.5. The van der Waals surface area contributed by atoms with Gasteiger partial charge in [-0.05, 0) is 51.6 Å². The SMILES string of the molecule is CN(C)C1CCN(c2ccc(N3CCCCC3=O)cc2F)C1. The molecule has 0 aromatic heterocycles. The standard InChI is InChI=1S/C17H24FN3O/c1-19(2)14-8-10-20(12-14)16-7-6-13(11-15(16)18)21-9-4-3-5-17(21)22/h6-7,11,14H,3-5,8-10,12H2,1-2H3. The molecule has 0 radical (unpaired) electrons. The van der Waals surface area contributed by atoms with E-state index in [-0.39, 0.29) is 11.7 Å². The van der Waals surface area contributed by atoms with Crippen molar-refractivity contribution in [2.75, 3.05) is 43.5 Å². The third kappa shape index (κ3) is 2.95. The molecule has 2 fully saturated rings. The van der Waals surface area contributed by atoms with E-state index in [0.29, 0.717) is 30.4 Å². The number of anilines is 2. The first-order chi connectivity index (χ1) is 10.6. The van der Waals surface area contributed by atoms with E-state index in [1.807, 2.05) is 12.1 Å². The predicted molar refractivity (Wildman–Crippen MR) is 86.9 cm³/mol. The average Bonchev–Trinajstić information content (AvgIpc) is 2.97. The molecule has 1 amide bonds. The molecule has 0 bridgehead atoms. The first-order valence-electron chi connectivity index (χ1n) is 8.07. The zero-order valence-electron chi connectivity index (χ0n) is 13.4. The van der Waals surface area contributed by atoms with Crippen LogP contribution in [-0.2, 0) is 4.79 Å². The van der Waals surface area contributed by atoms with Crippen LogP contribution in [0.3, 0.4) is 0 Å². The van der Waals surface area contributed by atoms with Crippen LogP contribution < -0.4 is 9.80 Å². The molecule has 120 valence electrons. The second-order valence-corrected chi connectivity index (χ2v) is 6.49. The van der Waals surface area contributed by atoms with Crippen LogP contribution in [-0.4, -0.2) is 50.6 Å². The highest BCUT2D eigenvalue weighted by atomic mass is 19.1. The van der Waals surface area contributed by atoms with Gasteiger partial charge in [-0.2, -0.15) is 0 Å². The molecule has 2 aliphatic heterocycles. The summed E-state index contributed by atoms with van der Waals surface area (Å²) in [7, 11) is 4.13. The van der Waals surface area contributed by atoms with E-state index in [0.717, 1.165) is 32.4 Å². The summed E-state index contributed by atoms with van der Waals surface area (Å²) in [6.07, 6.45) is 3.56. The molecule has 5 heteroatoms. The van der Waals surface area contributed by atoms with Crippen molar-refractivity contribution in [3.8, 4) is 0 Å². The lowest BCUT2D eigenvalue weighted by atomic mass is 10.1. The molecule has 1 atom stereocenters. The Morgan fingerprint density at radius 1 is 1.23 bits per heavy atom. The van der Waals surface area contributed by atoms with Crippen LogP contribution in [0.25, 0.3) is 0 Å². The molecule has 1 aromatic carbocycles. The first-order valence-corrected chi connectivity index (χ1v) is 8.07.